The third-order valence-electron chi connectivity index (χ3n) is 23.9. The van der Waals surface area contributed by atoms with Crippen molar-refractivity contribution in [2.45, 2.75) is 658 Å². The first-order valence-electron chi connectivity index (χ1n) is 53.8. The predicted octanol–water partition coefficient (Wildman–Crippen LogP) is 12.0. The van der Waals surface area contributed by atoms with Crippen molar-refractivity contribution in [3.63, 3.8) is 0 Å². The van der Waals surface area contributed by atoms with Gasteiger partial charge in [-0.05, 0) is 77.0 Å². The summed E-state index contributed by atoms with van der Waals surface area (Å²) in [5.41, 5.74) is 0. The number of carboxylic acid groups (broad SMARTS) is 6. The Bertz CT molecular complexity index is 1590. The molecule has 18 heteroatoms. The van der Waals surface area contributed by atoms with E-state index in [0.29, 0.717) is 0 Å². The Hall–Kier alpha value is 2.82. The summed E-state index contributed by atoms with van der Waals surface area (Å²) in [5, 5.41) is 61.3. The number of carbonyl (C=O) groups excluding carboxylic acids is 6. The molecule has 0 aromatic rings. The number of hydrogen-bond acceptors (Lipinski definition) is 12. The van der Waals surface area contributed by atoms with Crippen LogP contribution in [-0.2, 0) is 28.8 Å². The van der Waals surface area contributed by atoms with Gasteiger partial charge in [0.05, 0.1) is 0 Å². The second-order valence-electron chi connectivity index (χ2n) is 36.4. The SMILES string of the molecule is CCCCCCCCCCCCCCCCCC(=O)[O-].CCCCCCCCCCCCCCCCCC(=O)[O-].CCCCCCCCCCCCCCCCCC(=O)[O-].CCCCCCCCCCCCCCCCCC(=O)[O-].CCCCCCCCCCCCCCCCCC(=O)[O-].CCCCCCCCCCCCCCCCCC(=O)[O-].[Na+].[Na+].[Na+].[Na+].[Na+].[Na+]. The van der Waals surface area contributed by atoms with Gasteiger partial charge in [0.15, 0.2) is 0 Å². The fraction of sp³-hybridized carbons (Fsp3) is 0.944. The molecule has 0 rings (SSSR count). The van der Waals surface area contributed by atoms with Crippen molar-refractivity contribution in [1.29, 1.82) is 0 Å². The van der Waals surface area contributed by atoms with E-state index in [0.717, 1.165) is 77.0 Å². The minimum atomic E-state index is -0.903. The van der Waals surface area contributed by atoms with Crippen LogP contribution in [0.5, 0.6) is 0 Å². The van der Waals surface area contributed by atoms with Gasteiger partial charge in [-0.3, -0.25) is 0 Å². The summed E-state index contributed by atoms with van der Waals surface area (Å²) < 4.78 is 0. The molecule has 0 aliphatic rings. The fourth-order valence-electron chi connectivity index (χ4n) is 15.8. The van der Waals surface area contributed by atoms with Gasteiger partial charge in [-0.15, -0.1) is 0 Å². The van der Waals surface area contributed by atoms with Gasteiger partial charge in [-0.2, -0.15) is 0 Å². The van der Waals surface area contributed by atoms with Crippen molar-refractivity contribution in [2.24, 2.45) is 0 Å². The molecule has 0 bridgehead atoms. The zero-order chi connectivity index (χ0) is 89.3. The number of carbonyl (C=O) groups is 6. The van der Waals surface area contributed by atoms with Crippen molar-refractivity contribution in [1.82, 2.24) is 0 Å². The number of rotatable bonds is 96. The molecule has 12 nitrogen and oxygen atoms in total. The molecule has 0 aliphatic carbocycles. The second-order valence-corrected chi connectivity index (χ2v) is 36.4. The molecule has 0 aliphatic heterocycles. The van der Waals surface area contributed by atoms with Crippen molar-refractivity contribution in [2.75, 3.05) is 0 Å². The molecule has 0 saturated heterocycles. The summed E-state index contributed by atoms with van der Waals surface area (Å²) in [6.45, 7) is 13.6. The van der Waals surface area contributed by atoms with E-state index in [1.165, 1.54) is 501 Å². The Balaban J connectivity index is -0.000000123. The molecule has 0 fully saturated rings. The Morgan fingerprint density at radius 2 is 0.151 bits per heavy atom. The van der Waals surface area contributed by atoms with Crippen LogP contribution in [0.2, 0.25) is 0 Å². The van der Waals surface area contributed by atoms with Crippen LogP contribution >= 0.6 is 0 Å². The number of carboxylic acids is 6. The quantitative estimate of drug-likeness (QED) is 0.0408. The van der Waals surface area contributed by atoms with E-state index in [-0.39, 0.29) is 216 Å². The molecule has 0 unspecified atom stereocenters. The minimum absolute atomic E-state index is 0. The molecular formula is C108H210Na6O12. The summed E-state index contributed by atoms with van der Waals surface area (Å²) in [7, 11) is 0. The summed E-state index contributed by atoms with van der Waals surface area (Å²) in [6, 6.07) is 0. The number of unbranched alkanes of at least 4 members (excludes halogenated alkanes) is 84. The molecule has 0 saturated carbocycles. The van der Waals surface area contributed by atoms with Gasteiger partial charge in [0.1, 0.15) is 0 Å². The van der Waals surface area contributed by atoms with Crippen molar-refractivity contribution in [3.8, 4) is 0 Å². The average Bonchev–Trinajstić information content (AvgIpc) is 1.13. The van der Waals surface area contributed by atoms with E-state index < -0.39 is 35.8 Å². The maximum atomic E-state index is 10.2. The van der Waals surface area contributed by atoms with Crippen LogP contribution in [-0.4, -0.2) is 35.8 Å². The van der Waals surface area contributed by atoms with Crippen LogP contribution in [0.4, 0.5) is 0 Å². The van der Waals surface area contributed by atoms with Gasteiger partial charge in [0.25, 0.3) is 0 Å². The van der Waals surface area contributed by atoms with Gasteiger partial charge in [-0.1, -0.05) is 581 Å². The number of aliphatic carboxylic acids is 6. The summed E-state index contributed by atoms with van der Waals surface area (Å²) in [4.78, 5) is 61.3. The molecule has 0 N–H and O–H groups in total. The fourth-order valence-corrected chi connectivity index (χ4v) is 15.8. The van der Waals surface area contributed by atoms with Crippen molar-refractivity contribution >= 4 is 35.8 Å². The minimum Gasteiger partial charge on any atom is -0.550 e. The van der Waals surface area contributed by atoms with E-state index in [1.807, 2.05) is 0 Å². The van der Waals surface area contributed by atoms with Gasteiger partial charge in [-0.25, -0.2) is 0 Å². The Morgan fingerprint density at radius 3 is 0.198 bits per heavy atom. The molecule has 0 aromatic carbocycles. The Labute approximate surface area is 919 Å². The summed E-state index contributed by atoms with van der Waals surface area (Å²) in [6.07, 6.45) is 119. The maximum absolute atomic E-state index is 10.2. The summed E-state index contributed by atoms with van der Waals surface area (Å²) in [5.74, 6) is -5.42. The van der Waals surface area contributed by atoms with E-state index in [2.05, 4.69) is 41.5 Å². The summed E-state index contributed by atoms with van der Waals surface area (Å²) >= 11 is 0. The molecule has 0 aromatic heterocycles. The largest absolute Gasteiger partial charge is 1.00 e. The van der Waals surface area contributed by atoms with Crippen LogP contribution in [0.15, 0.2) is 0 Å². The van der Waals surface area contributed by atoms with Crippen LogP contribution in [0, 0.1) is 0 Å². The van der Waals surface area contributed by atoms with Gasteiger partial charge in [0, 0.05) is 35.8 Å². The van der Waals surface area contributed by atoms with Crippen LogP contribution in [0.1, 0.15) is 658 Å². The first kappa shape index (κ1) is 154. The van der Waals surface area contributed by atoms with Crippen LogP contribution in [0.3, 0.4) is 0 Å². The molecule has 0 radical (unpaired) electrons. The van der Waals surface area contributed by atoms with Gasteiger partial charge in [0.2, 0.25) is 0 Å². The van der Waals surface area contributed by atoms with Gasteiger partial charge < -0.3 is 59.4 Å². The van der Waals surface area contributed by atoms with Crippen molar-refractivity contribution < 1.29 is 237 Å². The van der Waals surface area contributed by atoms with E-state index in [4.69, 9.17) is 0 Å². The standard InChI is InChI=1S/6C18H36O2.6Na/c6*1-2-3-4-5-6-7-8-9-10-11-12-13-14-15-16-17-18(19)20;;;;;;/h6*2-17H2,1H3,(H,19,20);;;;;;/q;;;;;;6*+1/p-6. The molecule has 0 atom stereocenters. The van der Waals surface area contributed by atoms with E-state index in [9.17, 15) is 59.4 Å². The predicted molar refractivity (Wildman–Crippen MR) is 507 cm³/mol. The van der Waals surface area contributed by atoms with Crippen LogP contribution < -0.4 is 208 Å². The molecular weight excluding hydrogens is 1630 g/mol. The maximum Gasteiger partial charge on any atom is 1.00 e. The molecule has 0 spiro atoms. The zero-order valence-corrected chi connectivity index (χ0v) is 99.8. The Morgan fingerprint density at radius 1 is 0.103 bits per heavy atom. The van der Waals surface area contributed by atoms with E-state index in [1.54, 1.807) is 0 Å². The zero-order valence-electron chi connectivity index (χ0n) is 87.8. The third-order valence-corrected chi connectivity index (χ3v) is 23.9. The molecule has 0 amide bonds. The Kier molecular flexibility index (Phi) is 184. The third kappa shape index (κ3) is 183. The molecule has 126 heavy (non-hydrogen) atoms. The van der Waals surface area contributed by atoms with Crippen LogP contribution in [0.25, 0.3) is 0 Å². The smallest absolute Gasteiger partial charge is 0.550 e. The monoisotopic (exact) mass is 1840 g/mol. The average molecular weight is 1840 g/mol. The molecule has 720 valence electrons. The number of hydrogen-bond donors (Lipinski definition) is 0. The topological polar surface area (TPSA) is 241 Å². The molecule has 0 heterocycles. The second kappa shape index (κ2) is 151. The first-order chi connectivity index (χ1) is 58.6. The van der Waals surface area contributed by atoms with Gasteiger partial charge >= 0.3 is 177 Å². The first-order valence-corrected chi connectivity index (χ1v) is 53.8. The normalized spacial score (nSPS) is 10.3. The van der Waals surface area contributed by atoms with E-state index >= 15 is 0 Å². The van der Waals surface area contributed by atoms with Crippen molar-refractivity contribution in [3.05, 3.63) is 0 Å².